The fourth-order valence-corrected chi connectivity index (χ4v) is 2.51. The minimum Gasteiger partial charge on any atom is -0.492 e. The number of ketones is 1. The molecule has 21 heavy (non-hydrogen) atoms. The molecule has 0 atom stereocenters. The molecule has 108 valence electrons. The summed E-state index contributed by atoms with van der Waals surface area (Å²) in [6.45, 7) is 4.60. The first-order chi connectivity index (χ1) is 9.87. The molecule has 0 bridgehead atoms. The Balaban J connectivity index is 2.03. The summed E-state index contributed by atoms with van der Waals surface area (Å²) in [5, 5.41) is 0. The Kier molecular flexibility index (Phi) is 3.04. The third kappa shape index (κ3) is 2.42. The molecule has 0 spiro atoms. The Bertz CT molecular complexity index is 715. The molecule has 0 N–H and O–H groups in total. The van der Waals surface area contributed by atoms with Gasteiger partial charge in [-0.15, -0.1) is 0 Å². The van der Waals surface area contributed by atoms with E-state index in [0.717, 1.165) is 29.5 Å². The average Bonchev–Trinajstić information content (AvgIpc) is 2.72. The van der Waals surface area contributed by atoms with Crippen LogP contribution in [0.4, 0.5) is 8.78 Å². The number of halogens is 2. The third-order valence-corrected chi connectivity index (χ3v) is 3.68. The molecule has 0 radical (unpaired) electrons. The van der Waals surface area contributed by atoms with Crippen LogP contribution < -0.4 is 4.74 Å². The van der Waals surface area contributed by atoms with Gasteiger partial charge in [0.05, 0.1) is 6.61 Å². The largest absolute Gasteiger partial charge is 0.492 e. The molecule has 0 fully saturated rings. The van der Waals surface area contributed by atoms with Crippen molar-refractivity contribution in [2.24, 2.45) is 0 Å². The number of hydrogen-bond donors (Lipinski definition) is 0. The topological polar surface area (TPSA) is 26.3 Å². The number of carbonyl (C=O) groups is 1. The van der Waals surface area contributed by atoms with Gasteiger partial charge in [0.25, 0.3) is 0 Å². The van der Waals surface area contributed by atoms with E-state index < -0.39 is 17.4 Å². The van der Waals surface area contributed by atoms with Gasteiger partial charge in [-0.3, -0.25) is 4.79 Å². The van der Waals surface area contributed by atoms with Gasteiger partial charge in [0.2, 0.25) is 0 Å². The van der Waals surface area contributed by atoms with Crippen LogP contribution in [0.5, 0.6) is 5.75 Å². The van der Waals surface area contributed by atoms with Crippen LogP contribution >= 0.6 is 0 Å². The molecule has 2 aromatic carbocycles. The summed E-state index contributed by atoms with van der Waals surface area (Å²) < 4.78 is 32.0. The predicted molar refractivity (Wildman–Crippen MR) is 74.8 cm³/mol. The number of hydrogen-bond acceptors (Lipinski definition) is 2. The van der Waals surface area contributed by atoms with E-state index >= 15 is 0 Å². The Labute approximate surface area is 121 Å². The van der Waals surface area contributed by atoms with Crippen molar-refractivity contribution in [2.75, 3.05) is 6.61 Å². The Morgan fingerprint density at radius 2 is 1.71 bits per heavy atom. The molecular weight excluding hydrogens is 274 g/mol. The van der Waals surface area contributed by atoms with Crippen molar-refractivity contribution in [1.82, 2.24) is 0 Å². The van der Waals surface area contributed by atoms with E-state index in [1.54, 1.807) is 18.2 Å². The van der Waals surface area contributed by atoms with E-state index in [0.29, 0.717) is 12.2 Å². The van der Waals surface area contributed by atoms with Crippen LogP contribution in [0, 0.1) is 11.6 Å². The second-order valence-corrected chi connectivity index (χ2v) is 5.87. The lowest BCUT2D eigenvalue weighted by Crippen LogP contribution is -2.18. The molecule has 4 heteroatoms. The van der Waals surface area contributed by atoms with Gasteiger partial charge in [0.1, 0.15) is 17.4 Å². The summed E-state index contributed by atoms with van der Waals surface area (Å²) >= 11 is 0. The van der Waals surface area contributed by atoms with Crippen molar-refractivity contribution in [1.29, 1.82) is 0 Å². The second-order valence-electron chi connectivity index (χ2n) is 5.87. The standard InChI is InChI=1S/C17H14F2O2/c1-17(2)9-21-15-4-3-10(7-14(15)17)16(20)11-5-12(18)8-13(19)6-11/h3-8H,9H2,1-2H3. The van der Waals surface area contributed by atoms with Crippen molar-refractivity contribution >= 4 is 5.78 Å². The molecule has 0 amide bonds. The van der Waals surface area contributed by atoms with Gasteiger partial charge in [-0.05, 0) is 30.3 Å². The van der Waals surface area contributed by atoms with Crippen molar-refractivity contribution in [2.45, 2.75) is 19.3 Å². The van der Waals surface area contributed by atoms with Crippen LogP contribution in [0.3, 0.4) is 0 Å². The highest BCUT2D eigenvalue weighted by Gasteiger charge is 2.32. The molecule has 0 aromatic heterocycles. The van der Waals surface area contributed by atoms with Gasteiger partial charge in [-0.1, -0.05) is 13.8 Å². The van der Waals surface area contributed by atoms with Crippen molar-refractivity contribution in [3.8, 4) is 5.75 Å². The molecule has 3 rings (SSSR count). The van der Waals surface area contributed by atoms with Crippen molar-refractivity contribution in [3.63, 3.8) is 0 Å². The zero-order valence-corrected chi connectivity index (χ0v) is 11.7. The van der Waals surface area contributed by atoms with E-state index in [-0.39, 0.29) is 11.0 Å². The highest BCUT2D eigenvalue weighted by atomic mass is 19.1. The van der Waals surface area contributed by atoms with Gasteiger partial charge in [-0.25, -0.2) is 8.78 Å². The van der Waals surface area contributed by atoms with E-state index in [2.05, 4.69) is 0 Å². The van der Waals surface area contributed by atoms with E-state index in [4.69, 9.17) is 4.74 Å². The molecule has 0 saturated heterocycles. The normalized spacial score (nSPS) is 15.4. The zero-order valence-electron chi connectivity index (χ0n) is 11.7. The first-order valence-corrected chi connectivity index (χ1v) is 6.65. The lowest BCUT2D eigenvalue weighted by Gasteiger charge is -2.15. The molecule has 2 aromatic rings. The maximum atomic E-state index is 13.2. The summed E-state index contributed by atoms with van der Waals surface area (Å²) in [4.78, 5) is 12.4. The monoisotopic (exact) mass is 288 g/mol. The fraction of sp³-hybridized carbons (Fsp3) is 0.235. The van der Waals surface area contributed by atoms with Crippen LogP contribution in [-0.4, -0.2) is 12.4 Å². The minimum absolute atomic E-state index is 0.00386. The lowest BCUT2D eigenvalue weighted by atomic mass is 9.85. The van der Waals surface area contributed by atoms with Crippen LogP contribution in [0.25, 0.3) is 0 Å². The molecule has 2 nitrogen and oxygen atoms in total. The number of fused-ring (bicyclic) bond motifs is 1. The van der Waals surface area contributed by atoms with Crippen LogP contribution in [-0.2, 0) is 5.41 Å². The molecule has 0 saturated carbocycles. The summed E-state index contributed by atoms with van der Waals surface area (Å²) in [6, 6.07) is 7.92. The molecule has 1 heterocycles. The van der Waals surface area contributed by atoms with Crippen LogP contribution in [0.1, 0.15) is 35.3 Å². The lowest BCUT2D eigenvalue weighted by molar-refractivity contribution is 0.103. The minimum atomic E-state index is -0.761. The van der Waals surface area contributed by atoms with Gasteiger partial charge >= 0.3 is 0 Å². The molecule has 1 aliphatic heterocycles. The number of benzene rings is 2. The van der Waals surface area contributed by atoms with Crippen LogP contribution in [0.15, 0.2) is 36.4 Å². The highest BCUT2D eigenvalue weighted by Crippen LogP contribution is 2.39. The van der Waals surface area contributed by atoms with E-state index in [1.807, 2.05) is 13.8 Å². The first kappa shape index (κ1) is 13.7. The highest BCUT2D eigenvalue weighted by molar-refractivity contribution is 6.09. The summed E-state index contributed by atoms with van der Waals surface area (Å²) in [5.41, 5.74) is 1.16. The number of carbonyl (C=O) groups excluding carboxylic acids is 1. The SMILES string of the molecule is CC1(C)COc2ccc(C(=O)c3cc(F)cc(F)c3)cc21. The number of rotatable bonds is 2. The Morgan fingerprint density at radius 3 is 2.38 bits per heavy atom. The van der Waals surface area contributed by atoms with Gasteiger partial charge in [-0.2, -0.15) is 0 Å². The van der Waals surface area contributed by atoms with Crippen molar-refractivity contribution < 1.29 is 18.3 Å². The average molecular weight is 288 g/mol. The Morgan fingerprint density at radius 1 is 1.05 bits per heavy atom. The second kappa shape index (κ2) is 4.65. The summed E-state index contributed by atoms with van der Waals surface area (Å²) in [7, 11) is 0. The van der Waals surface area contributed by atoms with Gasteiger partial charge in [0, 0.05) is 28.2 Å². The maximum Gasteiger partial charge on any atom is 0.193 e. The fourth-order valence-electron chi connectivity index (χ4n) is 2.51. The zero-order chi connectivity index (χ0) is 15.2. The number of ether oxygens (including phenoxy) is 1. The van der Waals surface area contributed by atoms with Crippen LogP contribution in [0.2, 0.25) is 0 Å². The molecular formula is C17H14F2O2. The first-order valence-electron chi connectivity index (χ1n) is 6.65. The third-order valence-electron chi connectivity index (χ3n) is 3.68. The molecule has 0 aliphatic carbocycles. The summed E-state index contributed by atoms with van der Waals surface area (Å²) in [5.74, 6) is -1.17. The van der Waals surface area contributed by atoms with E-state index in [9.17, 15) is 13.6 Å². The predicted octanol–water partition coefficient (Wildman–Crippen LogP) is 3.87. The quantitative estimate of drug-likeness (QED) is 0.784. The molecule has 0 unspecified atom stereocenters. The van der Waals surface area contributed by atoms with Gasteiger partial charge < -0.3 is 4.74 Å². The van der Waals surface area contributed by atoms with E-state index in [1.165, 1.54) is 0 Å². The maximum absolute atomic E-state index is 13.2. The van der Waals surface area contributed by atoms with Gasteiger partial charge in [0.15, 0.2) is 5.78 Å². The smallest absolute Gasteiger partial charge is 0.193 e. The summed E-state index contributed by atoms with van der Waals surface area (Å²) in [6.07, 6.45) is 0. The Hall–Kier alpha value is -2.23. The van der Waals surface area contributed by atoms with Crippen molar-refractivity contribution in [3.05, 3.63) is 64.7 Å². The molecule has 1 aliphatic rings.